The van der Waals surface area contributed by atoms with Gasteiger partial charge in [-0.3, -0.25) is 4.90 Å². The third kappa shape index (κ3) is 4.30. The highest BCUT2D eigenvalue weighted by Crippen LogP contribution is 2.22. The lowest BCUT2D eigenvalue weighted by molar-refractivity contribution is 0.232. The minimum absolute atomic E-state index is 0.338. The van der Waals surface area contributed by atoms with Gasteiger partial charge in [0.25, 0.3) is 5.89 Å². The molecular formula is C22H23N3O4. The van der Waals surface area contributed by atoms with Gasteiger partial charge in [0, 0.05) is 18.0 Å². The van der Waals surface area contributed by atoms with Crippen molar-refractivity contribution in [3.8, 4) is 11.7 Å². The molecule has 7 nitrogen and oxygen atoms in total. The topological polar surface area (TPSA) is 85.5 Å². The van der Waals surface area contributed by atoms with Crippen molar-refractivity contribution in [2.75, 3.05) is 6.54 Å². The molecule has 0 atom stereocenters. The fraction of sp³-hybridized carbons (Fsp3) is 0.318. The van der Waals surface area contributed by atoms with Gasteiger partial charge >= 0.3 is 5.63 Å². The predicted molar refractivity (Wildman–Crippen MR) is 108 cm³/mol. The quantitative estimate of drug-likeness (QED) is 0.410. The van der Waals surface area contributed by atoms with E-state index in [-0.39, 0.29) is 5.63 Å². The normalized spacial score (nSPS) is 11.6. The number of aryl methyl sites for hydroxylation is 1. The molecule has 0 amide bonds. The Kier molecular flexibility index (Phi) is 5.57. The van der Waals surface area contributed by atoms with Gasteiger partial charge in [-0.15, -0.1) is 10.2 Å². The highest BCUT2D eigenvalue weighted by Gasteiger charge is 2.16. The average molecular weight is 393 g/mol. The molecule has 0 radical (unpaired) electrons. The van der Waals surface area contributed by atoms with E-state index in [0.717, 1.165) is 35.9 Å². The van der Waals surface area contributed by atoms with E-state index >= 15 is 0 Å². The van der Waals surface area contributed by atoms with Crippen molar-refractivity contribution in [1.82, 2.24) is 15.1 Å². The zero-order valence-corrected chi connectivity index (χ0v) is 16.6. The lowest BCUT2D eigenvalue weighted by atomic mass is 10.1. The van der Waals surface area contributed by atoms with Crippen molar-refractivity contribution in [3.63, 3.8) is 0 Å². The number of fused-ring (bicyclic) bond motifs is 1. The molecule has 4 aromatic rings. The van der Waals surface area contributed by atoms with Gasteiger partial charge in [-0.25, -0.2) is 4.79 Å². The Labute approximate surface area is 168 Å². The van der Waals surface area contributed by atoms with Crippen LogP contribution >= 0.6 is 0 Å². The first kappa shape index (κ1) is 19.1. The maximum Gasteiger partial charge on any atom is 0.336 e. The molecule has 0 saturated heterocycles. The fourth-order valence-corrected chi connectivity index (χ4v) is 3.40. The minimum atomic E-state index is -0.338. The largest absolute Gasteiger partial charge is 0.459 e. The van der Waals surface area contributed by atoms with Crippen molar-refractivity contribution in [2.45, 2.75) is 39.8 Å². The SMILES string of the molecule is CCCN(Cc1nnc(-c2ccco2)o1)Cc1cc(=O)oc2cc(CC)ccc12. The maximum atomic E-state index is 12.1. The number of nitrogens with zero attached hydrogens (tertiary/aromatic N) is 3. The number of aromatic nitrogens is 2. The van der Waals surface area contributed by atoms with E-state index in [4.69, 9.17) is 13.3 Å². The van der Waals surface area contributed by atoms with Crippen LogP contribution in [0.2, 0.25) is 0 Å². The highest BCUT2D eigenvalue weighted by molar-refractivity contribution is 5.80. The number of benzene rings is 1. The van der Waals surface area contributed by atoms with Crippen molar-refractivity contribution >= 4 is 11.0 Å². The Morgan fingerprint density at radius 3 is 2.69 bits per heavy atom. The monoisotopic (exact) mass is 393 g/mol. The summed E-state index contributed by atoms with van der Waals surface area (Å²) in [6.07, 6.45) is 3.41. The molecule has 0 bridgehead atoms. The summed E-state index contributed by atoms with van der Waals surface area (Å²) in [6, 6.07) is 11.2. The van der Waals surface area contributed by atoms with Gasteiger partial charge in [0.05, 0.1) is 12.8 Å². The maximum absolute atomic E-state index is 12.1. The number of furan rings is 1. The Morgan fingerprint density at radius 1 is 1.03 bits per heavy atom. The molecule has 0 spiro atoms. The first-order chi connectivity index (χ1) is 14.2. The van der Waals surface area contributed by atoms with E-state index < -0.39 is 0 Å². The first-order valence-corrected chi connectivity index (χ1v) is 9.80. The molecular weight excluding hydrogens is 370 g/mol. The summed E-state index contributed by atoms with van der Waals surface area (Å²) in [4.78, 5) is 14.3. The Morgan fingerprint density at radius 2 is 1.93 bits per heavy atom. The van der Waals surface area contributed by atoms with E-state index in [1.54, 1.807) is 24.5 Å². The molecule has 7 heteroatoms. The number of rotatable bonds is 8. The summed E-state index contributed by atoms with van der Waals surface area (Å²) in [5.41, 5.74) is 2.36. The van der Waals surface area contributed by atoms with Crippen LogP contribution < -0.4 is 5.63 Å². The third-order valence-corrected chi connectivity index (χ3v) is 4.79. The van der Waals surface area contributed by atoms with E-state index in [2.05, 4.69) is 35.0 Å². The van der Waals surface area contributed by atoms with Gasteiger partial charge in [0.2, 0.25) is 5.89 Å². The summed E-state index contributed by atoms with van der Waals surface area (Å²) in [5, 5.41) is 9.15. The van der Waals surface area contributed by atoms with Gasteiger partial charge in [-0.05, 0) is 48.7 Å². The molecule has 0 aliphatic heterocycles. The standard InChI is InChI=1S/C22H23N3O4/c1-3-9-25(14-20-23-24-22(29-20)18-6-5-10-27-18)13-16-12-21(26)28-19-11-15(4-2)7-8-17(16)19/h5-8,10-12H,3-4,9,13-14H2,1-2H3. The molecule has 0 N–H and O–H groups in total. The van der Waals surface area contributed by atoms with Crippen LogP contribution in [0, 0.1) is 0 Å². The van der Waals surface area contributed by atoms with Crippen LogP contribution in [0.15, 0.2) is 60.7 Å². The second-order valence-corrected chi connectivity index (χ2v) is 6.96. The second kappa shape index (κ2) is 8.45. The molecule has 29 heavy (non-hydrogen) atoms. The Balaban J connectivity index is 1.59. The molecule has 0 fully saturated rings. The lowest BCUT2D eigenvalue weighted by Crippen LogP contribution is -2.24. The van der Waals surface area contributed by atoms with Crippen LogP contribution in [0.5, 0.6) is 0 Å². The van der Waals surface area contributed by atoms with Gasteiger partial charge in [0.15, 0.2) is 5.76 Å². The summed E-state index contributed by atoms with van der Waals surface area (Å²) >= 11 is 0. The molecule has 0 unspecified atom stereocenters. The second-order valence-electron chi connectivity index (χ2n) is 6.96. The highest BCUT2D eigenvalue weighted by atomic mass is 16.4. The summed E-state index contributed by atoms with van der Waals surface area (Å²) in [6.45, 7) is 6.08. The van der Waals surface area contributed by atoms with Gasteiger partial charge in [0.1, 0.15) is 5.58 Å². The van der Waals surface area contributed by atoms with Crippen molar-refractivity contribution in [1.29, 1.82) is 0 Å². The Bertz CT molecular complexity index is 1140. The van der Waals surface area contributed by atoms with Crippen LogP contribution in [0.1, 0.15) is 37.3 Å². The van der Waals surface area contributed by atoms with Crippen LogP contribution in [0.3, 0.4) is 0 Å². The van der Waals surface area contributed by atoms with Crippen LogP contribution in [0.4, 0.5) is 0 Å². The van der Waals surface area contributed by atoms with Crippen LogP contribution in [-0.4, -0.2) is 21.6 Å². The molecule has 0 saturated carbocycles. The molecule has 1 aromatic carbocycles. The first-order valence-electron chi connectivity index (χ1n) is 9.80. The summed E-state index contributed by atoms with van der Waals surface area (Å²) < 4.78 is 16.5. The molecule has 4 rings (SSSR count). The zero-order valence-electron chi connectivity index (χ0n) is 16.6. The molecule has 0 aliphatic carbocycles. The molecule has 3 aromatic heterocycles. The van der Waals surface area contributed by atoms with Crippen molar-refractivity contribution in [2.24, 2.45) is 0 Å². The van der Waals surface area contributed by atoms with E-state index in [1.807, 2.05) is 12.1 Å². The van der Waals surface area contributed by atoms with E-state index in [0.29, 0.717) is 36.2 Å². The molecule has 0 aliphatic rings. The molecule has 150 valence electrons. The lowest BCUT2D eigenvalue weighted by Gasteiger charge is -2.20. The number of hydrogen-bond donors (Lipinski definition) is 0. The van der Waals surface area contributed by atoms with E-state index in [9.17, 15) is 4.79 Å². The average Bonchev–Trinajstić information content (AvgIpc) is 3.39. The van der Waals surface area contributed by atoms with Crippen molar-refractivity contribution in [3.05, 3.63) is 70.1 Å². The van der Waals surface area contributed by atoms with Crippen molar-refractivity contribution < 1.29 is 13.3 Å². The number of hydrogen-bond acceptors (Lipinski definition) is 7. The minimum Gasteiger partial charge on any atom is -0.459 e. The zero-order chi connectivity index (χ0) is 20.2. The third-order valence-electron chi connectivity index (χ3n) is 4.79. The Hall–Kier alpha value is -3.19. The summed E-state index contributed by atoms with van der Waals surface area (Å²) in [5.74, 6) is 1.41. The van der Waals surface area contributed by atoms with Gasteiger partial charge in [-0.1, -0.05) is 26.0 Å². The van der Waals surface area contributed by atoms with Gasteiger partial charge < -0.3 is 13.3 Å². The molecule has 3 heterocycles. The smallest absolute Gasteiger partial charge is 0.336 e. The predicted octanol–water partition coefficient (Wildman–Crippen LogP) is 4.41. The van der Waals surface area contributed by atoms with Gasteiger partial charge in [-0.2, -0.15) is 0 Å². The van der Waals surface area contributed by atoms with Crippen LogP contribution in [-0.2, 0) is 19.5 Å². The van der Waals surface area contributed by atoms with Crippen LogP contribution in [0.25, 0.3) is 22.6 Å². The van der Waals surface area contributed by atoms with E-state index in [1.165, 1.54) is 0 Å². The summed E-state index contributed by atoms with van der Waals surface area (Å²) in [7, 11) is 0. The fourth-order valence-electron chi connectivity index (χ4n) is 3.40.